The minimum absolute atomic E-state index is 0.140. The van der Waals surface area contributed by atoms with Crippen LogP contribution in [-0.4, -0.2) is 50.6 Å². The molecule has 1 aliphatic rings. The number of allylic oxidation sites excluding steroid dienone is 1. The number of amides is 2. The van der Waals surface area contributed by atoms with Crippen molar-refractivity contribution in [2.75, 3.05) is 27.9 Å². The quantitative estimate of drug-likeness (QED) is 0.434. The van der Waals surface area contributed by atoms with Crippen molar-refractivity contribution in [2.24, 2.45) is 0 Å². The molecule has 0 aliphatic heterocycles. The molecule has 0 saturated heterocycles. The van der Waals surface area contributed by atoms with E-state index in [9.17, 15) is 9.59 Å². The van der Waals surface area contributed by atoms with Gasteiger partial charge in [-0.25, -0.2) is 0 Å². The van der Waals surface area contributed by atoms with Crippen molar-refractivity contribution in [3.8, 4) is 17.2 Å². The molecule has 2 aromatic carbocycles. The number of hydrogen-bond donors (Lipinski definition) is 1. The van der Waals surface area contributed by atoms with E-state index in [0.29, 0.717) is 24.6 Å². The minimum atomic E-state index is -0.625. The van der Waals surface area contributed by atoms with Gasteiger partial charge in [0.25, 0.3) is 0 Å². The summed E-state index contributed by atoms with van der Waals surface area (Å²) in [5.74, 6) is 1.61. The molecule has 0 spiro atoms. The molecule has 7 heteroatoms. The fraction of sp³-hybridized carbons (Fsp3) is 0.448. The Hall–Kier alpha value is -3.48. The largest absolute Gasteiger partial charge is 0.497 e. The summed E-state index contributed by atoms with van der Waals surface area (Å²) in [5, 5.41) is 3.04. The first-order chi connectivity index (χ1) is 17.4. The summed E-state index contributed by atoms with van der Waals surface area (Å²) in [6, 6.07) is 12.3. The van der Waals surface area contributed by atoms with Crippen LogP contribution in [0, 0.1) is 0 Å². The number of ether oxygens (including phenoxy) is 3. The number of methoxy groups -OCH3 is 3. The van der Waals surface area contributed by atoms with Crippen molar-refractivity contribution >= 4 is 11.8 Å². The predicted molar refractivity (Wildman–Crippen MR) is 140 cm³/mol. The molecule has 0 saturated carbocycles. The molecule has 1 aliphatic carbocycles. The lowest BCUT2D eigenvalue weighted by Crippen LogP contribution is -2.48. The maximum absolute atomic E-state index is 13.5. The van der Waals surface area contributed by atoms with Crippen LogP contribution in [0.15, 0.2) is 54.1 Å². The van der Waals surface area contributed by atoms with E-state index >= 15 is 0 Å². The van der Waals surface area contributed by atoms with Gasteiger partial charge < -0.3 is 24.4 Å². The average molecular weight is 495 g/mol. The van der Waals surface area contributed by atoms with Crippen molar-refractivity contribution in [1.29, 1.82) is 0 Å². The van der Waals surface area contributed by atoms with E-state index in [1.165, 1.54) is 18.4 Å². The molecule has 194 valence electrons. The summed E-state index contributed by atoms with van der Waals surface area (Å²) < 4.78 is 15.9. The van der Waals surface area contributed by atoms with Gasteiger partial charge in [0.1, 0.15) is 11.8 Å². The Labute approximate surface area is 214 Å². The molecule has 7 nitrogen and oxygen atoms in total. The molecule has 1 N–H and O–H groups in total. The van der Waals surface area contributed by atoms with E-state index in [4.69, 9.17) is 14.2 Å². The van der Waals surface area contributed by atoms with E-state index in [0.717, 1.165) is 36.1 Å². The topological polar surface area (TPSA) is 77.1 Å². The number of carbonyl (C=O) groups is 2. The Balaban J connectivity index is 1.72. The van der Waals surface area contributed by atoms with Crippen LogP contribution in [0.2, 0.25) is 0 Å². The molecular formula is C29H38N2O5. The van der Waals surface area contributed by atoms with Crippen molar-refractivity contribution in [1.82, 2.24) is 10.2 Å². The van der Waals surface area contributed by atoms with Crippen LogP contribution in [-0.2, 0) is 22.6 Å². The van der Waals surface area contributed by atoms with Crippen LogP contribution in [0.1, 0.15) is 50.2 Å². The predicted octanol–water partition coefficient (Wildman–Crippen LogP) is 4.68. The van der Waals surface area contributed by atoms with Crippen molar-refractivity contribution < 1.29 is 23.8 Å². The molecule has 0 unspecified atom stereocenters. The Kier molecular flexibility index (Phi) is 10.2. The summed E-state index contributed by atoms with van der Waals surface area (Å²) in [6.45, 7) is 2.68. The highest BCUT2D eigenvalue weighted by Crippen LogP contribution is 2.28. The Morgan fingerprint density at radius 1 is 0.944 bits per heavy atom. The first-order valence-corrected chi connectivity index (χ1v) is 12.5. The number of carbonyl (C=O) groups excluding carboxylic acids is 2. The van der Waals surface area contributed by atoms with Crippen LogP contribution in [0.5, 0.6) is 17.2 Å². The van der Waals surface area contributed by atoms with Crippen LogP contribution >= 0.6 is 0 Å². The molecule has 0 fully saturated rings. The summed E-state index contributed by atoms with van der Waals surface area (Å²) in [4.78, 5) is 28.2. The van der Waals surface area contributed by atoms with Gasteiger partial charge in [-0.05, 0) is 74.4 Å². The van der Waals surface area contributed by atoms with E-state index in [2.05, 4.69) is 11.4 Å². The maximum atomic E-state index is 13.5. The highest BCUT2D eigenvalue weighted by atomic mass is 16.5. The van der Waals surface area contributed by atoms with Gasteiger partial charge in [0.15, 0.2) is 11.5 Å². The van der Waals surface area contributed by atoms with Gasteiger partial charge in [-0.15, -0.1) is 0 Å². The minimum Gasteiger partial charge on any atom is -0.497 e. The first-order valence-electron chi connectivity index (χ1n) is 12.5. The smallest absolute Gasteiger partial charge is 0.242 e. The fourth-order valence-electron chi connectivity index (χ4n) is 4.40. The third-order valence-electron chi connectivity index (χ3n) is 6.61. The van der Waals surface area contributed by atoms with E-state index < -0.39 is 6.04 Å². The van der Waals surface area contributed by atoms with Crippen molar-refractivity contribution in [3.63, 3.8) is 0 Å². The lowest BCUT2D eigenvalue weighted by atomic mass is 9.97. The lowest BCUT2D eigenvalue weighted by Gasteiger charge is -2.29. The fourth-order valence-corrected chi connectivity index (χ4v) is 4.40. The van der Waals surface area contributed by atoms with E-state index in [1.807, 2.05) is 30.3 Å². The van der Waals surface area contributed by atoms with Gasteiger partial charge in [0, 0.05) is 13.1 Å². The zero-order valence-corrected chi connectivity index (χ0v) is 21.8. The number of nitrogens with one attached hydrogen (secondary N) is 1. The zero-order chi connectivity index (χ0) is 25.9. The third kappa shape index (κ3) is 7.51. The highest BCUT2D eigenvalue weighted by Gasteiger charge is 2.26. The standard InChI is InChI=1S/C29H38N2O5/c1-21(29(33)30-17-16-22-8-6-5-7-9-22)31(20-23-10-13-25(34-2)14-11-23)28(32)19-24-12-15-26(35-3)27(18-24)36-4/h8,10-15,18,21H,5-7,9,16-17,19-20H2,1-4H3,(H,30,33)/t21-/m0/s1. The first kappa shape index (κ1) is 27.1. The third-order valence-corrected chi connectivity index (χ3v) is 6.61. The molecule has 0 radical (unpaired) electrons. The molecule has 0 bridgehead atoms. The summed E-state index contributed by atoms with van der Waals surface area (Å²) >= 11 is 0. The Morgan fingerprint density at radius 3 is 2.31 bits per heavy atom. The molecule has 1 atom stereocenters. The highest BCUT2D eigenvalue weighted by molar-refractivity contribution is 5.88. The Morgan fingerprint density at radius 2 is 1.67 bits per heavy atom. The van der Waals surface area contributed by atoms with Gasteiger partial charge in [0.2, 0.25) is 11.8 Å². The SMILES string of the molecule is COc1ccc(CN(C(=O)Cc2ccc(OC)c(OC)c2)[C@@H](C)C(=O)NCCC2=CCCCC2)cc1. The molecule has 0 heterocycles. The molecule has 0 aromatic heterocycles. The Bertz CT molecular complexity index is 1050. The molecule has 36 heavy (non-hydrogen) atoms. The number of benzene rings is 2. The second kappa shape index (κ2) is 13.6. The number of rotatable bonds is 12. The van der Waals surface area contributed by atoms with Crippen LogP contribution < -0.4 is 19.5 Å². The zero-order valence-electron chi connectivity index (χ0n) is 21.8. The number of nitrogens with zero attached hydrogens (tertiary/aromatic N) is 1. The lowest BCUT2D eigenvalue weighted by molar-refractivity contribution is -0.140. The van der Waals surface area contributed by atoms with Crippen LogP contribution in [0.4, 0.5) is 0 Å². The average Bonchev–Trinajstić information content (AvgIpc) is 2.92. The van der Waals surface area contributed by atoms with Crippen molar-refractivity contribution in [2.45, 2.75) is 58.0 Å². The summed E-state index contributed by atoms with van der Waals surface area (Å²) in [5.41, 5.74) is 3.12. The van der Waals surface area contributed by atoms with Crippen LogP contribution in [0.3, 0.4) is 0 Å². The second-order valence-electron chi connectivity index (χ2n) is 9.06. The van der Waals surface area contributed by atoms with Gasteiger partial charge in [-0.1, -0.05) is 29.8 Å². The molecule has 2 amide bonds. The van der Waals surface area contributed by atoms with Crippen molar-refractivity contribution in [3.05, 3.63) is 65.2 Å². The maximum Gasteiger partial charge on any atom is 0.242 e. The summed E-state index contributed by atoms with van der Waals surface area (Å²) in [7, 11) is 4.75. The second-order valence-corrected chi connectivity index (χ2v) is 9.06. The van der Waals surface area contributed by atoms with Crippen LogP contribution in [0.25, 0.3) is 0 Å². The summed E-state index contributed by atoms with van der Waals surface area (Å²) in [6.07, 6.45) is 7.99. The monoisotopic (exact) mass is 494 g/mol. The van der Waals surface area contributed by atoms with Gasteiger partial charge in [0.05, 0.1) is 27.8 Å². The molecular weight excluding hydrogens is 456 g/mol. The van der Waals surface area contributed by atoms with Gasteiger partial charge in [-0.3, -0.25) is 9.59 Å². The normalized spacial score (nSPS) is 13.8. The molecule has 3 rings (SSSR count). The van der Waals surface area contributed by atoms with Gasteiger partial charge in [-0.2, -0.15) is 0 Å². The number of hydrogen-bond acceptors (Lipinski definition) is 5. The van der Waals surface area contributed by atoms with E-state index in [-0.39, 0.29) is 18.2 Å². The van der Waals surface area contributed by atoms with E-state index in [1.54, 1.807) is 45.3 Å². The molecule has 2 aromatic rings. The van der Waals surface area contributed by atoms with Gasteiger partial charge >= 0.3 is 0 Å².